The van der Waals surface area contributed by atoms with Gasteiger partial charge in [0.05, 0.1) is 6.61 Å². The minimum atomic E-state index is 0.241. The van der Waals surface area contributed by atoms with Gasteiger partial charge >= 0.3 is 0 Å². The zero-order chi connectivity index (χ0) is 11.4. The van der Waals surface area contributed by atoms with Crippen LogP contribution in [0.5, 0.6) is 0 Å². The Labute approximate surface area is 92.2 Å². The van der Waals surface area contributed by atoms with Crippen LogP contribution < -0.4 is 11.5 Å². The highest BCUT2D eigenvalue weighted by Crippen LogP contribution is 2.33. The molecule has 1 fully saturated rings. The summed E-state index contributed by atoms with van der Waals surface area (Å²) in [5, 5.41) is 0. The maximum atomic E-state index is 6.12. The third kappa shape index (κ3) is 2.75. The topological polar surface area (TPSA) is 64.6 Å². The van der Waals surface area contributed by atoms with Gasteiger partial charge in [0.1, 0.15) is 6.10 Å². The summed E-state index contributed by atoms with van der Waals surface area (Å²) in [7, 11) is 0. The van der Waals surface area contributed by atoms with E-state index in [9.17, 15) is 0 Å². The SMILES string of the molecule is CCC(CC)/C(=C(N)/C(C)=C\N)C1CO1. The van der Waals surface area contributed by atoms with Gasteiger partial charge in [0.2, 0.25) is 0 Å². The fraction of sp³-hybridized carbons (Fsp3) is 0.667. The van der Waals surface area contributed by atoms with E-state index in [0.717, 1.165) is 30.7 Å². The highest BCUT2D eigenvalue weighted by Gasteiger charge is 2.33. The lowest BCUT2D eigenvalue weighted by atomic mass is 9.88. The number of epoxide rings is 1. The van der Waals surface area contributed by atoms with Gasteiger partial charge in [0.15, 0.2) is 0 Å². The smallest absolute Gasteiger partial charge is 0.105 e. The first-order chi connectivity index (χ1) is 7.15. The van der Waals surface area contributed by atoms with Crippen molar-refractivity contribution in [2.45, 2.75) is 39.7 Å². The molecule has 86 valence electrons. The molecule has 0 aromatic heterocycles. The van der Waals surface area contributed by atoms with Gasteiger partial charge < -0.3 is 16.2 Å². The molecule has 1 unspecified atom stereocenters. The molecule has 0 spiro atoms. The van der Waals surface area contributed by atoms with Crippen molar-refractivity contribution < 1.29 is 4.74 Å². The van der Waals surface area contributed by atoms with Gasteiger partial charge in [-0.2, -0.15) is 0 Å². The predicted octanol–water partition coefficient (Wildman–Crippen LogP) is 1.90. The molecule has 0 saturated carbocycles. The van der Waals surface area contributed by atoms with Crippen LogP contribution in [-0.2, 0) is 4.74 Å². The molecule has 0 aliphatic carbocycles. The van der Waals surface area contributed by atoms with Gasteiger partial charge in [-0.1, -0.05) is 13.8 Å². The normalized spacial score (nSPS) is 22.9. The summed E-state index contributed by atoms with van der Waals surface area (Å²) >= 11 is 0. The summed E-state index contributed by atoms with van der Waals surface area (Å²) in [6.45, 7) is 7.13. The van der Waals surface area contributed by atoms with Gasteiger partial charge in [-0.15, -0.1) is 0 Å². The molecular weight excluding hydrogens is 188 g/mol. The summed E-state index contributed by atoms with van der Waals surface area (Å²) in [5.41, 5.74) is 14.6. The molecule has 1 rings (SSSR count). The molecule has 3 heteroatoms. The van der Waals surface area contributed by atoms with Crippen LogP contribution in [-0.4, -0.2) is 12.7 Å². The number of hydrogen-bond donors (Lipinski definition) is 2. The minimum Gasteiger partial charge on any atom is -0.404 e. The van der Waals surface area contributed by atoms with Crippen LogP contribution in [0.4, 0.5) is 0 Å². The Morgan fingerprint density at radius 2 is 2.00 bits per heavy atom. The van der Waals surface area contributed by atoms with Crippen molar-refractivity contribution in [3.63, 3.8) is 0 Å². The highest BCUT2D eigenvalue weighted by atomic mass is 16.6. The molecule has 1 atom stereocenters. The summed E-state index contributed by atoms with van der Waals surface area (Å²) < 4.78 is 5.37. The Morgan fingerprint density at radius 3 is 2.33 bits per heavy atom. The van der Waals surface area contributed by atoms with Crippen molar-refractivity contribution in [2.75, 3.05) is 6.61 Å². The lowest BCUT2D eigenvalue weighted by Gasteiger charge is -2.19. The number of ether oxygens (including phenoxy) is 1. The van der Waals surface area contributed by atoms with Crippen molar-refractivity contribution in [1.82, 2.24) is 0 Å². The molecule has 1 aliphatic heterocycles. The summed E-state index contributed by atoms with van der Waals surface area (Å²) in [4.78, 5) is 0. The molecule has 0 bridgehead atoms. The van der Waals surface area contributed by atoms with Gasteiger partial charge in [-0.25, -0.2) is 0 Å². The van der Waals surface area contributed by atoms with Gasteiger partial charge in [-0.05, 0) is 43.0 Å². The molecule has 0 aromatic rings. The molecule has 0 aromatic carbocycles. The Hall–Kier alpha value is -0.960. The standard InChI is InChI=1S/C12H22N2O/c1-4-9(5-2)11(10-7-15-10)12(14)8(3)6-13/h6,9-10H,4-5,7,13-14H2,1-3H3/b8-6-,12-11+. The largest absolute Gasteiger partial charge is 0.404 e. The van der Waals surface area contributed by atoms with Crippen LogP contribution in [0.1, 0.15) is 33.6 Å². The molecule has 1 aliphatic rings. The summed E-state index contributed by atoms with van der Waals surface area (Å²) in [5.74, 6) is 0.521. The second-order valence-corrected chi connectivity index (χ2v) is 4.05. The molecule has 3 nitrogen and oxygen atoms in total. The first-order valence-corrected chi connectivity index (χ1v) is 5.65. The maximum Gasteiger partial charge on any atom is 0.105 e. The van der Waals surface area contributed by atoms with Crippen molar-refractivity contribution in [3.05, 3.63) is 23.0 Å². The second-order valence-electron chi connectivity index (χ2n) is 4.05. The minimum absolute atomic E-state index is 0.241. The summed E-state index contributed by atoms with van der Waals surface area (Å²) in [6, 6.07) is 0. The van der Waals surface area contributed by atoms with Gasteiger partial charge in [-0.3, -0.25) is 0 Å². The van der Waals surface area contributed by atoms with Crippen molar-refractivity contribution in [1.29, 1.82) is 0 Å². The zero-order valence-electron chi connectivity index (χ0n) is 9.92. The number of rotatable bonds is 5. The van der Waals surface area contributed by atoms with Crippen LogP contribution in [0.3, 0.4) is 0 Å². The highest BCUT2D eigenvalue weighted by molar-refractivity contribution is 5.35. The van der Waals surface area contributed by atoms with Crippen LogP contribution in [0.2, 0.25) is 0 Å². The Balaban J connectivity index is 2.98. The molecule has 4 N–H and O–H groups in total. The Kier molecular flexibility index (Phi) is 4.21. The average Bonchev–Trinajstić information content (AvgIpc) is 3.07. The zero-order valence-corrected chi connectivity index (χ0v) is 9.92. The van der Waals surface area contributed by atoms with Crippen molar-refractivity contribution >= 4 is 0 Å². The van der Waals surface area contributed by atoms with Gasteiger partial charge in [0, 0.05) is 5.70 Å². The first-order valence-electron chi connectivity index (χ1n) is 5.65. The number of hydrogen-bond acceptors (Lipinski definition) is 3. The van der Waals surface area contributed by atoms with E-state index in [4.69, 9.17) is 16.2 Å². The molecule has 0 radical (unpaired) electrons. The summed E-state index contributed by atoms with van der Waals surface area (Å²) in [6.07, 6.45) is 4.01. The van der Waals surface area contributed by atoms with E-state index in [1.807, 2.05) is 6.92 Å². The molecule has 1 saturated heterocycles. The maximum absolute atomic E-state index is 6.12. The van der Waals surface area contributed by atoms with E-state index in [2.05, 4.69) is 13.8 Å². The molecular formula is C12H22N2O. The van der Waals surface area contributed by atoms with Crippen LogP contribution in [0.15, 0.2) is 23.0 Å². The van der Waals surface area contributed by atoms with Crippen molar-refractivity contribution in [3.8, 4) is 0 Å². The Morgan fingerprint density at radius 1 is 1.47 bits per heavy atom. The van der Waals surface area contributed by atoms with E-state index < -0.39 is 0 Å². The van der Waals surface area contributed by atoms with Crippen LogP contribution >= 0.6 is 0 Å². The fourth-order valence-corrected chi connectivity index (χ4v) is 1.93. The molecule has 1 heterocycles. The third-order valence-corrected chi connectivity index (χ3v) is 3.09. The molecule has 0 amide bonds. The van der Waals surface area contributed by atoms with Crippen molar-refractivity contribution in [2.24, 2.45) is 17.4 Å². The van der Waals surface area contributed by atoms with Gasteiger partial charge in [0.25, 0.3) is 0 Å². The van der Waals surface area contributed by atoms with Crippen LogP contribution in [0, 0.1) is 5.92 Å². The number of nitrogens with two attached hydrogens (primary N) is 2. The monoisotopic (exact) mass is 210 g/mol. The van der Waals surface area contributed by atoms with E-state index in [1.54, 1.807) is 6.20 Å². The average molecular weight is 210 g/mol. The predicted molar refractivity (Wildman–Crippen MR) is 63.0 cm³/mol. The van der Waals surface area contributed by atoms with E-state index in [1.165, 1.54) is 5.57 Å². The second kappa shape index (κ2) is 5.21. The van der Waals surface area contributed by atoms with E-state index in [0.29, 0.717) is 5.92 Å². The third-order valence-electron chi connectivity index (χ3n) is 3.09. The van der Waals surface area contributed by atoms with E-state index in [-0.39, 0.29) is 6.10 Å². The molecule has 15 heavy (non-hydrogen) atoms. The number of allylic oxidation sites excluding steroid dienone is 1. The fourth-order valence-electron chi connectivity index (χ4n) is 1.93. The van der Waals surface area contributed by atoms with Crippen LogP contribution in [0.25, 0.3) is 0 Å². The Bertz CT molecular complexity index is 273. The quantitative estimate of drug-likeness (QED) is 0.538. The van der Waals surface area contributed by atoms with E-state index >= 15 is 0 Å². The lowest BCUT2D eigenvalue weighted by molar-refractivity contribution is 0.404. The lowest BCUT2D eigenvalue weighted by Crippen LogP contribution is -2.16. The first kappa shape index (κ1) is 12.1.